The summed E-state index contributed by atoms with van der Waals surface area (Å²) < 4.78 is 25.4. The van der Waals surface area contributed by atoms with E-state index in [1.807, 2.05) is 38.1 Å². The van der Waals surface area contributed by atoms with Crippen LogP contribution in [0.4, 0.5) is 4.39 Å². The minimum Gasteiger partial charge on any atom is -0.490 e. The second-order valence-corrected chi connectivity index (χ2v) is 7.30. The third kappa shape index (κ3) is 4.62. The minimum absolute atomic E-state index is 0.0871. The lowest BCUT2D eigenvalue weighted by Gasteiger charge is -2.13. The molecule has 3 aromatic carbocycles. The number of aromatic amines is 1. The molecule has 0 aliphatic carbocycles. The average molecular weight is 427 g/mol. The molecule has 0 saturated carbocycles. The number of aryl methyl sites for hydroxylation is 1. The van der Waals surface area contributed by atoms with Crippen LogP contribution in [0.25, 0.3) is 22.7 Å². The van der Waals surface area contributed by atoms with E-state index in [1.54, 1.807) is 36.4 Å². The van der Waals surface area contributed by atoms with E-state index in [4.69, 9.17) is 9.47 Å². The van der Waals surface area contributed by atoms with Gasteiger partial charge in [0.25, 0.3) is 0 Å². The van der Waals surface area contributed by atoms with E-state index in [0.717, 1.165) is 22.2 Å². The van der Waals surface area contributed by atoms with Crippen LogP contribution in [0.15, 0.2) is 60.7 Å². The summed E-state index contributed by atoms with van der Waals surface area (Å²) >= 11 is 0. The molecule has 0 spiro atoms. The number of nitrogens with one attached hydrogen (secondary N) is 1. The molecule has 0 aliphatic rings. The average Bonchev–Trinajstić information content (AvgIpc) is 3.21. The number of imidazole rings is 1. The van der Waals surface area contributed by atoms with Gasteiger partial charge in [0.15, 0.2) is 11.5 Å². The zero-order valence-electron chi connectivity index (χ0n) is 17.9. The number of nitriles is 1. The molecule has 1 N–H and O–H groups in total. The normalized spacial score (nSPS) is 11.4. The van der Waals surface area contributed by atoms with Crippen LogP contribution in [-0.2, 0) is 6.61 Å². The van der Waals surface area contributed by atoms with Gasteiger partial charge >= 0.3 is 0 Å². The van der Waals surface area contributed by atoms with Gasteiger partial charge in [0, 0.05) is 5.56 Å². The van der Waals surface area contributed by atoms with Crippen molar-refractivity contribution in [2.45, 2.75) is 20.5 Å². The van der Waals surface area contributed by atoms with Gasteiger partial charge in [-0.05, 0) is 61.4 Å². The summed E-state index contributed by atoms with van der Waals surface area (Å²) in [6, 6.07) is 20.0. The molecule has 0 atom stereocenters. The first-order valence-corrected chi connectivity index (χ1v) is 10.3. The fourth-order valence-corrected chi connectivity index (χ4v) is 3.34. The molecular formula is C26H22FN3O2. The summed E-state index contributed by atoms with van der Waals surface area (Å²) in [5.74, 6) is 1.22. The Morgan fingerprint density at radius 2 is 1.94 bits per heavy atom. The van der Waals surface area contributed by atoms with Crippen LogP contribution >= 0.6 is 0 Å². The van der Waals surface area contributed by atoms with Crippen LogP contribution in [0.1, 0.15) is 29.4 Å². The lowest BCUT2D eigenvalue weighted by molar-refractivity contribution is 0.266. The standard InChI is InChI=1S/C26H22FN3O2/c1-3-31-25-14-18(9-11-24(25)32-16-19-6-4-5-7-21(19)27)13-20(15-28)26-29-22-10-8-17(2)12-23(22)30-26/h4-14H,3,16H2,1-2H3,(H,29,30)/b20-13+. The van der Waals surface area contributed by atoms with Gasteiger partial charge in [-0.2, -0.15) is 5.26 Å². The molecule has 0 fully saturated rings. The molecule has 1 aromatic heterocycles. The van der Waals surface area contributed by atoms with Crippen LogP contribution in [-0.4, -0.2) is 16.6 Å². The summed E-state index contributed by atoms with van der Waals surface area (Å²) in [6.45, 7) is 4.41. The van der Waals surface area contributed by atoms with E-state index < -0.39 is 0 Å². The van der Waals surface area contributed by atoms with Gasteiger partial charge in [0.05, 0.1) is 23.2 Å². The van der Waals surface area contributed by atoms with E-state index in [1.165, 1.54) is 6.07 Å². The third-order valence-electron chi connectivity index (χ3n) is 4.93. The number of allylic oxidation sites excluding steroid dienone is 1. The number of halogens is 1. The topological polar surface area (TPSA) is 70.9 Å². The molecule has 4 aromatic rings. The Morgan fingerprint density at radius 3 is 2.72 bits per heavy atom. The quantitative estimate of drug-likeness (QED) is 0.364. The molecule has 0 radical (unpaired) electrons. The highest BCUT2D eigenvalue weighted by atomic mass is 19.1. The van der Waals surface area contributed by atoms with Crippen molar-refractivity contribution >= 4 is 22.7 Å². The van der Waals surface area contributed by atoms with Gasteiger partial charge in [0.1, 0.15) is 24.3 Å². The number of rotatable bonds is 7. The summed E-state index contributed by atoms with van der Waals surface area (Å²) in [5.41, 5.74) is 4.43. The number of aromatic nitrogens is 2. The van der Waals surface area contributed by atoms with Gasteiger partial charge in [-0.3, -0.25) is 0 Å². The molecule has 6 heteroatoms. The highest BCUT2D eigenvalue weighted by Crippen LogP contribution is 2.31. The molecule has 4 rings (SSSR count). The smallest absolute Gasteiger partial charge is 0.161 e. The van der Waals surface area contributed by atoms with Crippen molar-refractivity contribution in [1.82, 2.24) is 9.97 Å². The van der Waals surface area contributed by atoms with Crippen molar-refractivity contribution in [3.8, 4) is 17.6 Å². The monoisotopic (exact) mass is 427 g/mol. The largest absolute Gasteiger partial charge is 0.490 e. The molecule has 0 amide bonds. The summed E-state index contributed by atoms with van der Waals surface area (Å²) in [4.78, 5) is 7.74. The second-order valence-electron chi connectivity index (χ2n) is 7.30. The van der Waals surface area contributed by atoms with Gasteiger partial charge in [0.2, 0.25) is 0 Å². The molecule has 0 unspecified atom stereocenters. The Bertz CT molecular complexity index is 1330. The summed E-state index contributed by atoms with van der Waals surface area (Å²) in [7, 11) is 0. The fourth-order valence-electron chi connectivity index (χ4n) is 3.34. The number of nitrogens with zero attached hydrogens (tertiary/aromatic N) is 2. The number of ether oxygens (including phenoxy) is 2. The third-order valence-corrected chi connectivity index (χ3v) is 4.93. The zero-order chi connectivity index (χ0) is 22.5. The van der Waals surface area contributed by atoms with Crippen molar-refractivity contribution in [1.29, 1.82) is 5.26 Å². The van der Waals surface area contributed by atoms with E-state index >= 15 is 0 Å². The Labute approximate surface area is 185 Å². The van der Waals surface area contributed by atoms with Crippen molar-refractivity contribution in [3.05, 3.63) is 89.0 Å². The maximum absolute atomic E-state index is 13.9. The fraction of sp³-hybridized carbons (Fsp3) is 0.154. The zero-order valence-corrected chi connectivity index (χ0v) is 17.9. The molecule has 5 nitrogen and oxygen atoms in total. The van der Waals surface area contributed by atoms with Crippen LogP contribution in [0, 0.1) is 24.1 Å². The molecular weight excluding hydrogens is 405 g/mol. The lowest BCUT2D eigenvalue weighted by atomic mass is 10.1. The number of hydrogen-bond acceptors (Lipinski definition) is 4. The van der Waals surface area contributed by atoms with E-state index in [-0.39, 0.29) is 12.4 Å². The van der Waals surface area contributed by atoms with E-state index in [2.05, 4.69) is 16.0 Å². The Hall–Kier alpha value is -4.11. The van der Waals surface area contributed by atoms with Crippen molar-refractivity contribution < 1.29 is 13.9 Å². The molecule has 160 valence electrons. The predicted octanol–water partition coefficient (Wildman–Crippen LogP) is 6.05. The first kappa shape index (κ1) is 21.1. The molecule has 0 saturated heterocycles. The molecule has 0 bridgehead atoms. The number of H-pyrrole nitrogens is 1. The van der Waals surface area contributed by atoms with Crippen molar-refractivity contribution in [2.75, 3.05) is 6.61 Å². The molecule has 32 heavy (non-hydrogen) atoms. The minimum atomic E-state index is -0.315. The van der Waals surface area contributed by atoms with Crippen molar-refractivity contribution in [2.24, 2.45) is 0 Å². The van der Waals surface area contributed by atoms with Gasteiger partial charge < -0.3 is 14.5 Å². The molecule has 1 heterocycles. The van der Waals surface area contributed by atoms with Gasteiger partial charge in [-0.1, -0.05) is 30.3 Å². The van der Waals surface area contributed by atoms with Crippen LogP contribution < -0.4 is 9.47 Å². The highest BCUT2D eigenvalue weighted by molar-refractivity contribution is 5.90. The summed E-state index contributed by atoms with van der Waals surface area (Å²) in [5, 5.41) is 9.71. The van der Waals surface area contributed by atoms with E-state index in [0.29, 0.717) is 35.1 Å². The first-order chi connectivity index (χ1) is 15.6. The van der Waals surface area contributed by atoms with E-state index in [9.17, 15) is 9.65 Å². The number of hydrogen-bond donors (Lipinski definition) is 1. The van der Waals surface area contributed by atoms with Crippen LogP contribution in [0.5, 0.6) is 11.5 Å². The first-order valence-electron chi connectivity index (χ1n) is 10.3. The SMILES string of the molecule is CCOc1cc(/C=C(\C#N)c2nc3ccc(C)cc3[nH]2)ccc1OCc1ccccc1F. The Kier molecular flexibility index (Phi) is 6.18. The number of fused-ring (bicyclic) bond motifs is 1. The van der Waals surface area contributed by atoms with Gasteiger partial charge in [-0.15, -0.1) is 0 Å². The lowest BCUT2D eigenvalue weighted by Crippen LogP contribution is -2.01. The summed E-state index contributed by atoms with van der Waals surface area (Å²) in [6.07, 6.45) is 1.74. The Morgan fingerprint density at radius 1 is 1.09 bits per heavy atom. The van der Waals surface area contributed by atoms with Gasteiger partial charge in [-0.25, -0.2) is 9.37 Å². The number of benzene rings is 3. The molecule has 0 aliphatic heterocycles. The second kappa shape index (κ2) is 9.36. The maximum atomic E-state index is 13.9. The maximum Gasteiger partial charge on any atom is 0.161 e. The highest BCUT2D eigenvalue weighted by Gasteiger charge is 2.11. The predicted molar refractivity (Wildman–Crippen MR) is 123 cm³/mol. The Balaban J connectivity index is 1.62. The van der Waals surface area contributed by atoms with Crippen LogP contribution in [0.2, 0.25) is 0 Å². The van der Waals surface area contributed by atoms with Crippen LogP contribution in [0.3, 0.4) is 0 Å². The van der Waals surface area contributed by atoms with Crippen molar-refractivity contribution in [3.63, 3.8) is 0 Å².